The lowest BCUT2D eigenvalue weighted by Gasteiger charge is -2.43. The van der Waals surface area contributed by atoms with Gasteiger partial charge in [0.2, 0.25) is 0 Å². The second kappa shape index (κ2) is 8.46. The minimum Gasteiger partial charge on any atom is -0.292 e. The van der Waals surface area contributed by atoms with Gasteiger partial charge in [-0.15, -0.1) is 0 Å². The van der Waals surface area contributed by atoms with Crippen LogP contribution >= 0.6 is 0 Å². The number of rotatable bonds is 3. The van der Waals surface area contributed by atoms with E-state index in [1.165, 1.54) is 28.5 Å². The standard InChI is InChI=1S/C36H30N4/c1-35(25-11-7-10-24(22-25)29-13-5-6-20-37-29)18-9-19-36(35,2)26-16-17-31-28(23-26)33-27(12-8-21-38-33)34-39-30-14-3-4-15-32(30)40(31)34/h3-8,10-17,20-23H,9,18-19H2,1-2H3/t35-,36-/m0/s1. The van der Waals surface area contributed by atoms with Crippen LogP contribution < -0.4 is 0 Å². The molecule has 0 unspecified atom stereocenters. The summed E-state index contributed by atoms with van der Waals surface area (Å²) in [6.07, 6.45) is 7.26. The Balaban J connectivity index is 1.35. The average molecular weight is 519 g/mol. The molecule has 40 heavy (non-hydrogen) atoms. The fourth-order valence-corrected chi connectivity index (χ4v) is 7.34. The van der Waals surface area contributed by atoms with Crippen LogP contribution in [-0.4, -0.2) is 19.4 Å². The van der Waals surface area contributed by atoms with E-state index in [1.807, 2.05) is 24.5 Å². The largest absolute Gasteiger partial charge is 0.292 e. The van der Waals surface area contributed by atoms with Crippen molar-refractivity contribution in [2.45, 2.75) is 43.9 Å². The van der Waals surface area contributed by atoms with E-state index in [0.717, 1.165) is 51.6 Å². The van der Waals surface area contributed by atoms with Crippen LogP contribution in [-0.2, 0) is 10.8 Å². The van der Waals surface area contributed by atoms with E-state index in [0.29, 0.717) is 0 Å². The summed E-state index contributed by atoms with van der Waals surface area (Å²) in [5.41, 5.74) is 10.2. The molecule has 0 radical (unpaired) electrons. The Bertz CT molecular complexity index is 2080. The molecule has 4 aromatic heterocycles. The molecule has 194 valence electrons. The van der Waals surface area contributed by atoms with Crippen molar-refractivity contribution in [2.24, 2.45) is 0 Å². The van der Waals surface area contributed by atoms with E-state index in [4.69, 9.17) is 9.97 Å². The lowest BCUT2D eigenvalue weighted by molar-refractivity contribution is 0.303. The van der Waals surface area contributed by atoms with Crippen LogP contribution in [0.1, 0.15) is 44.2 Å². The van der Waals surface area contributed by atoms with Gasteiger partial charge in [-0.1, -0.05) is 62.7 Å². The average Bonchev–Trinajstić information content (AvgIpc) is 3.56. The van der Waals surface area contributed by atoms with Crippen LogP contribution in [0.25, 0.3) is 49.7 Å². The number of benzene rings is 3. The van der Waals surface area contributed by atoms with E-state index in [2.05, 4.69) is 108 Å². The Hall–Kier alpha value is -4.57. The normalized spacial score (nSPS) is 21.1. The van der Waals surface area contributed by atoms with Crippen molar-refractivity contribution in [2.75, 3.05) is 0 Å². The summed E-state index contributed by atoms with van der Waals surface area (Å²) in [6.45, 7) is 4.93. The van der Waals surface area contributed by atoms with Gasteiger partial charge in [-0.2, -0.15) is 0 Å². The number of hydrogen-bond donors (Lipinski definition) is 0. The SMILES string of the molecule is C[C@@]1(c2cccc(-c3ccccn3)c2)CCC[C@@]1(C)c1ccc2c(c1)c1ncccc1c1nc3ccccc3n21. The summed E-state index contributed by atoms with van der Waals surface area (Å²) in [4.78, 5) is 14.5. The highest BCUT2D eigenvalue weighted by Crippen LogP contribution is 2.56. The quantitative estimate of drug-likeness (QED) is 0.220. The van der Waals surface area contributed by atoms with E-state index in [1.54, 1.807) is 0 Å². The second-order valence-electron chi connectivity index (χ2n) is 11.7. The minimum atomic E-state index is -0.0308. The third kappa shape index (κ3) is 3.16. The molecular formula is C36H30N4. The summed E-state index contributed by atoms with van der Waals surface area (Å²) in [7, 11) is 0. The molecule has 2 atom stereocenters. The van der Waals surface area contributed by atoms with E-state index in [9.17, 15) is 0 Å². The molecule has 0 amide bonds. The maximum Gasteiger partial charge on any atom is 0.147 e. The van der Waals surface area contributed by atoms with Crippen LogP contribution in [0.3, 0.4) is 0 Å². The maximum atomic E-state index is 5.02. The van der Waals surface area contributed by atoms with Gasteiger partial charge < -0.3 is 0 Å². The first-order valence-electron chi connectivity index (χ1n) is 14.2. The van der Waals surface area contributed by atoms with Gasteiger partial charge in [-0.05, 0) is 78.6 Å². The molecule has 0 aliphatic heterocycles. The predicted octanol–water partition coefficient (Wildman–Crippen LogP) is 8.65. The number of hydrogen-bond acceptors (Lipinski definition) is 3. The van der Waals surface area contributed by atoms with Crippen LogP contribution in [0.2, 0.25) is 0 Å². The zero-order chi connectivity index (χ0) is 26.9. The van der Waals surface area contributed by atoms with Crippen LogP contribution in [0.15, 0.2) is 109 Å². The van der Waals surface area contributed by atoms with Crippen molar-refractivity contribution in [1.29, 1.82) is 0 Å². The number of imidazole rings is 1. The van der Waals surface area contributed by atoms with Gasteiger partial charge in [0.25, 0.3) is 0 Å². The van der Waals surface area contributed by atoms with Crippen LogP contribution in [0.4, 0.5) is 0 Å². The summed E-state index contributed by atoms with van der Waals surface area (Å²) in [6, 6.07) is 34.8. The zero-order valence-electron chi connectivity index (χ0n) is 22.8. The number of nitrogens with zero attached hydrogens (tertiary/aromatic N) is 4. The van der Waals surface area contributed by atoms with Crippen molar-refractivity contribution < 1.29 is 0 Å². The van der Waals surface area contributed by atoms with Crippen LogP contribution in [0, 0.1) is 0 Å². The summed E-state index contributed by atoms with van der Waals surface area (Å²) < 4.78 is 2.31. The van der Waals surface area contributed by atoms with Gasteiger partial charge in [-0.25, -0.2) is 4.98 Å². The van der Waals surface area contributed by atoms with Gasteiger partial charge in [-0.3, -0.25) is 14.4 Å². The monoisotopic (exact) mass is 518 g/mol. The van der Waals surface area contributed by atoms with E-state index in [-0.39, 0.29) is 10.8 Å². The van der Waals surface area contributed by atoms with Crippen molar-refractivity contribution in [1.82, 2.24) is 19.4 Å². The molecule has 4 heteroatoms. The lowest BCUT2D eigenvalue weighted by atomic mass is 9.61. The minimum absolute atomic E-state index is 0.0134. The second-order valence-corrected chi connectivity index (χ2v) is 11.7. The Labute approximate surface area is 233 Å². The van der Waals surface area contributed by atoms with Crippen molar-refractivity contribution in [3.05, 3.63) is 121 Å². The molecule has 0 bridgehead atoms. The number of pyridine rings is 3. The molecule has 1 fully saturated rings. The van der Waals surface area contributed by atoms with Gasteiger partial charge in [0, 0.05) is 39.6 Å². The number of para-hydroxylation sites is 2. The predicted molar refractivity (Wildman–Crippen MR) is 164 cm³/mol. The lowest BCUT2D eigenvalue weighted by Crippen LogP contribution is -2.40. The molecule has 3 aromatic carbocycles. The zero-order valence-corrected chi connectivity index (χ0v) is 22.8. The highest BCUT2D eigenvalue weighted by molar-refractivity contribution is 6.12. The molecule has 1 aliphatic rings. The highest BCUT2D eigenvalue weighted by atomic mass is 15.0. The molecule has 1 saturated carbocycles. The number of fused-ring (bicyclic) bond motifs is 8. The first-order chi connectivity index (χ1) is 19.6. The van der Waals surface area contributed by atoms with Gasteiger partial charge in [0.05, 0.1) is 27.8 Å². The van der Waals surface area contributed by atoms with E-state index < -0.39 is 0 Å². The molecule has 8 rings (SSSR count). The summed E-state index contributed by atoms with van der Waals surface area (Å²) in [5.74, 6) is 0. The molecule has 7 aromatic rings. The molecule has 1 aliphatic carbocycles. The highest BCUT2D eigenvalue weighted by Gasteiger charge is 2.50. The molecule has 4 heterocycles. The third-order valence-corrected chi connectivity index (χ3v) is 9.77. The molecule has 0 N–H and O–H groups in total. The molecule has 4 nitrogen and oxygen atoms in total. The summed E-state index contributed by atoms with van der Waals surface area (Å²) >= 11 is 0. The molecular weight excluding hydrogens is 488 g/mol. The van der Waals surface area contributed by atoms with Gasteiger partial charge in [0.15, 0.2) is 0 Å². The molecule has 0 saturated heterocycles. The molecule has 0 spiro atoms. The fraction of sp³-hybridized carbons (Fsp3) is 0.194. The van der Waals surface area contributed by atoms with Crippen molar-refractivity contribution in [3.8, 4) is 11.3 Å². The maximum absolute atomic E-state index is 5.02. The van der Waals surface area contributed by atoms with Crippen LogP contribution in [0.5, 0.6) is 0 Å². The Kier molecular flexibility index (Phi) is 4.94. The fourth-order valence-electron chi connectivity index (χ4n) is 7.34. The smallest absolute Gasteiger partial charge is 0.147 e. The first kappa shape index (κ1) is 23.3. The van der Waals surface area contributed by atoms with E-state index >= 15 is 0 Å². The van der Waals surface area contributed by atoms with Crippen molar-refractivity contribution >= 4 is 38.5 Å². The topological polar surface area (TPSA) is 43.1 Å². The third-order valence-electron chi connectivity index (χ3n) is 9.77. The van der Waals surface area contributed by atoms with Crippen molar-refractivity contribution in [3.63, 3.8) is 0 Å². The Morgan fingerprint density at radius 2 is 1.45 bits per heavy atom. The first-order valence-corrected chi connectivity index (χ1v) is 14.2. The van der Waals surface area contributed by atoms with Gasteiger partial charge >= 0.3 is 0 Å². The summed E-state index contributed by atoms with van der Waals surface area (Å²) in [5, 5.41) is 2.27. The Morgan fingerprint density at radius 1 is 0.650 bits per heavy atom. The Morgan fingerprint density at radius 3 is 2.30 bits per heavy atom. The number of aromatic nitrogens is 4. The van der Waals surface area contributed by atoms with Gasteiger partial charge in [0.1, 0.15) is 5.65 Å².